The van der Waals surface area contributed by atoms with Crippen LogP contribution in [0, 0.1) is 11.8 Å². The van der Waals surface area contributed by atoms with Gasteiger partial charge in [-0.15, -0.1) is 0 Å². The third kappa shape index (κ3) is 5.68. The molecule has 0 fully saturated rings. The summed E-state index contributed by atoms with van der Waals surface area (Å²) < 4.78 is 0. The van der Waals surface area contributed by atoms with Crippen LogP contribution in [0.25, 0.3) is 0 Å². The molecule has 0 aliphatic rings. The van der Waals surface area contributed by atoms with E-state index in [4.69, 9.17) is 0 Å². The Bertz CT molecular complexity index is 323. The van der Waals surface area contributed by atoms with Gasteiger partial charge in [-0.25, -0.2) is 0 Å². The first-order valence-electron chi connectivity index (χ1n) is 7.21. The van der Waals surface area contributed by atoms with Gasteiger partial charge < -0.3 is 5.32 Å². The second-order valence-electron chi connectivity index (χ2n) is 6.47. The molecular formula is C17H29N. The molecule has 0 aromatic heterocycles. The van der Waals surface area contributed by atoms with E-state index in [1.807, 2.05) is 0 Å². The Kier molecular flexibility index (Phi) is 5.87. The van der Waals surface area contributed by atoms with E-state index in [0.29, 0.717) is 0 Å². The molecular weight excluding hydrogens is 218 g/mol. The van der Waals surface area contributed by atoms with Gasteiger partial charge in [-0.3, -0.25) is 0 Å². The highest BCUT2D eigenvalue weighted by molar-refractivity contribution is 5.15. The number of hydrogen-bond donors (Lipinski definition) is 1. The van der Waals surface area contributed by atoms with Crippen molar-refractivity contribution in [3.05, 3.63) is 35.9 Å². The molecule has 0 heterocycles. The van der Waals surface area contributed by atoms with E-state index < -0.39 is 0 Å². The maximum atomic E-state index is 3.66. The van der Waals surface area contributed by atoms with Crippen molar-refractivity contribution in [2.45, 2.75) is 53.0 Å². The Labute approximate surface area is 113 Å². The lowest BCUT2D eigenvalue weighted by molar-refractivity contribution is 0.292. The van der Waals surface area contributed by atoms with E-state index >= 15 is 0 Å². The molecule has 1 aromatic carbocycles. The summed E-state index contributed by atoms with van der Waals surface area (Å²) >= 11 is 0. The molecule has 1 aromatic rings. The number of benzene rings is 1. The first kappa shape index (κ1) is 15.2. The van der Waals surface area contributed by atoms with Gasteiger partial charge in [0.05, 0.1) is 0 Å². The molecule has 0 radical (unpaired) electrons. The van der Waals surface area contributed by atoms with Crippen molar-refractivity contribution in [3.8, 4) is 0 Å². The molecule has 2 atom stereocenters. The fourth-order valence-corrected chi connectivity index (χ4v) is 2.16. The zero-order valence-corrected chi connectivity index (χ0v) is 12.7. The molecule has 2 unspecified atom stereocenters. The van der Waals surface area contributed by atoms with E-state index in [-0.39, 0.29) is 5.54 Å². The normalized spacial score (nSPS) is 15.4. The SMILES string of the molecule is CCC(C)C(CNC(C)(C)C)Cc1ccccc1. The molecule has 0 bridgehead atoms. The molecule has 0 aliphatic carbocycles. The van der Waals surface area contributed by atoms with Gasteiger partial charge in [0.15, 0.2) is 0 Å². The van der Waals surface area contributed by atoms with Gasteiger partial charge in [-0.1, -0.05) is 50.6 Å². The van der Waals surface area contributed by atoms with Gasteiger partial charge in [0.1, 0.15) is 0 Å². The highest BCUT2D eigenvalue weighted by atomic mass is 14.9. The Balaban J connectivity index is 2.61. The third-order valence-electron chi connectivity index (χ3n) is 3.68. The second-order valence-corrected chi connectivity index (χ2v) is 6.47. The minimum atomic E-state index is 0.211. The smallest absolute Gasteiger partial charge is 0.00966 e. The Morgan fingerprint density at radius 2 is 1.72 bits per heavy atom. The Morgan fingerprint density at radius 3 is 2.22 bits per heavy atom. The predicted octanol–water partition coefficient (Wildman–Crippen LogP) is 4.28. The number of hydrogen-bond acceptors (Lipinski definition) is 1. The van der Waals surface area contributed by atoms with Crippen LogP contribution in [0.3, 0.4) is 0 Å². The zero-order chi connectivity index (χ0) is 13.6. The molecule has 0 saturated carbocycles. The molecule has 0 saturated heterocycles. The predicted molar refractivity (Wildman–Crippen MR) is 80.8 cm³/mol. The van der Waals surface area contributed by atoms with Crippen molar-refractivity contribution >= 4 is 0 Å². The van der Waals surface area contributed by atoms with Crippen LogP contribution in [-0.2, 0) is 6.42 Å². The Hall–Kier alpha value is -0.820. The molecule has 1 rings (SSSR count). The van der Waals surface area contributed by atoms with Crippen molar-refractivity contribution in [1.82, 2.24) is 5.32 Å². The number of rotatable bonds is 6. The van der Waals surface area contributed by atoms with Crippen molar-refractivity contribution in [3.63, 3.8) is 0 Å². The molecule has 18 heavy (non-hydrogen) atoms. The van der Waals surface area contributed by atoms with E-state index in [1.165, 1.54) is 18.4 Å². The summed E-state index contributed by atoms with van der Waals surface area (Å²) in [6.07, 6.45) is 2.43. The summed E-state index contributed by atoms with van der Waals surface area (Å²) in [6, 6.07) is 10.9. The molecule has 0 amide bonds. The van der Waals surface area contributed by atoms with Crippen LogP contribution in [0.5, 0.6) is 0 Å². The zero-order valence-electron chi connectivity index (χ0n) is 12.7. The second kappa shape index (κ2) is 6.94. The fourth-order valence-electron chi connectivity index (χ4n) is 2.16. The molecule has 1 nitrogen and oxygen atoms in total. The minimum Gasteiger partial charge on any atom is -0.312 e. The van der Waals surface area contributed by atoms with Crippen LogP contribution in [-0.4, -0.2) is 12.1 Å². The van der Waals surface area contributed by atoms with Gasteiger partial charge in [0.2, 0.25) is 0 Å². The highest BCUT2D eigenvalue weighted by Crippen LogP contribution is 2.20. The lowest BCUT2D eigenvalue weighted by atomic mass is 9.86. The quantitative estimate of drug-likeness (QED) is 0.791. The van der Waals surface area contributed by atoms with Crippen LogP contribution in [0.4, 0.5) is 0 Å². The van der Waals surface area contributed by atoms with Crippen molar-refractivity contribution in [2.24, 2.45) is 11.8 Å². The standard InChI is InChI=1S/C17H29N/c1-6-14(2)16(13-18-17(3,4)5)12-15-10-8-7-9-11-15/h7-11,14,16,18H,6,12-13H2,1-5H3. The summed E-state index contributed by atoms with van der Waals surface area (Å²) in [5.74, 6) is 1.48. The monoisotopic (exact) mass is 247 g/mol. The lowest BCUT2D eigenvalue weighted by Gasteiger charge is -2.28. The van der Waals surface area contributed by atoms with E-state index in [2.05, 4.69) is 70.3 Å². The van der Waals surface area contributed by atoms with Crippen LogP contribution in [0.15, 0.2) is 30.3 Å². The summed E-state index contributed by atoms with van der Waals surface area (Å²) in [5, 5.41) is 3.66. The van der Waals surface area contributed by atoms with Gasteiger partial charge in [0, 0.05) is 5.54 Å². The number of nitrogens with one attached hydrogen (secondary N) is 1. The average Bonchev–Trinajstić information content (AvgIpc) is 2.33. The van der Waals surface area contributed by atoms with Gasteiger partial charge in [0.25, 0.3) is 0 Å². The first-order chi connectivity index (χ1) is 8.42. The largest absolute Gasteiger partial charge is 0.312 e. The van der Waals surface area contributed by atoms with Crippen LogP contribution in [0.1, 0.15) is 46.6 Å². The van der Waals surface area contributed by atoms with Crippen molar-refractivity contribution in [1.29, 1.82) is 0 Å². The van der Waals surface area contributed by atoms with Gasteiger partial charge >= 0.3 is 0 Å². The highest BCUT2D eigenvalue weighted by Gasteiger charge is 2.19. The summed E-state index contributed by atoms with van der Waals surface area (Å²) in [7, 11) is 0. The molecule has 1 N–H and O–H groups in total. The van der Waals surface area contributed by atoms with E-state index in [9.17, 15) is 0 Å². The molecule has 102 valence electrons. The maximum Gasteiger partial charge on any atom is 0.00966 e. The Morgan fingerprint density at radius 1 is 1.11 bits per heavy atom. The van der Waals surface area contributed by atoms with E-state index in [0.717, 1.165) is 18.4 Å². The van der Waals surface area contributed by atoms with Gasteiger partial charge in [-0.05, 0) is 51.1 Å². The fraction of sp³-hybridized carbons (Fsp3) is 0.647. The lowest BCUT2D eigenvalue weighted by Crippen LogP contribution is -2.41. The molecule has 0 aliphatic heterocycles. The first-order valence-corrected chi connectivity index (χ1v) is 7.21. The third-order valence-corrected chi connectivity index (χ3v) is 3.68. The average molecular weight is 247 g/mol. The summed E-state index contributed by atoms with van der Waals surface area (Å²) in [4.78, 5) is 0. The molecule has 0 spiro atoms. The maximum absolute atomic E-state index is 3.66. The van der Waals surface area contributed by atoms with Crippen LogP contribution < -0.4 is 5.32 Å². The van der Waals surface area contributed by atoms with Crippen LogP contribution in [0.2, 0.25) is 0 Å². The summed E-state index contributed by atoms with van der Waals surface area (Å²) in [6.45, 7) is 12.5. The van der Waals surface area contributed by atoms with Crippen molar-refractivity contribution < 1.29 is 0 Å². The summed E-state index contributed by atoms with van der Waals surface area (Å²) in [5.41, 5.74) is 1.67. The minimum absolute atomic E-state index is 0.211. The topological polar surface area (TPSA) is 12.0 Å². The molecule has 1 heteroatoms. The van der Waals surface area contributed by atoms with E-state index in [1.54, 1.807) is 0 Å². The van der Waals surface area contributed by atoms with Gasteiger partial charge in [-0.2, -0.15) is 0 Å². The van der Waals surface area contributed by atoms with Crippen LogP contribution >= 0.6 is 0 Å². The van der Waals surface area contributed by atoms with Crippen molar-refractivity contribution in [2.75, 3.05) is 6.54 Å².